The first-order chi connectivity index (χ1) is 6.68. The standard InChI is InChI=1S/C7H9N.ClH/c8-6-7-4-2-1-3-5-7;/h1-5H,6,8H2;1H/i1D,2D,3D,4D,5D,6D2;. The molecule has 0 aliphatic heterocycles. The van der Waals surface area contributed by atoms with Crippen LogP contribution in [0.5, 0.6) is 0 Å². The molecule has 0 saturated heterocycles. The van der Waals surface area contributed by atoms with Crippen LogP contribution < -0.4 is 5.73 Å². The van der Waals surface area contributed by atoms with E-state index in [1.54, 1.807) is 0 Å². The molecule has 0 fully saturated rings. The summed E-state index contributed by atoms with van der Waals surface area (Å²) in [5.74, 6) is 0. The first kappa shape index (κ1) is 2.26. The molecular formula is C7H10ClN. The maximum Gasteiger partial charge on any atom is 0.0626 e. The lowest BCUT2D eigenvalue weighted by molar-refractivity contribution is 1.07. The van der Waals surface area contributed by atoms with Gasteiger partial charge in [0.25, 0.3) is 0 Å². The lowest BCUT2D eigenvalue weighted by Crippen LogP contribution is -1.94. The fraction of sp³-hybridized carbons (Fsp3) is 0.143. The van der Waals surface area contributed by atoms with Gasteiger partial charge < -0.3 is 5.73 Å². The van der Waals surface area contributed by atoms with Gasteiger partial charge in [-0.25, -0.2) is 0 Å². The molecule has 0 bridgehead atoms. The fourth-order valence-electron chi connectivity index (χ4n) is 0.322. The number of rotatable bonds is 1. The molecule has 2 heteroatoms. The van der Waals surface area contributed by atoms with Crippen molar-refractivity contribution in [2.45, 2.75) is 6.50 Å². The quantitative estimate of drug-likeness (QED) is 0.646. The maximum atomic E-state index is 7.40. The summed E-state index contributed by atoms with van der Waals surface area (Å²) in [5.41, 5.74) is 4.59. The molecule has 50 valence electrons. The third-order valence-electron chi connectivity index (χ3n) is 0.644. The normalized spacial score (nSPS) is 20.8. The summed E-state index contributed by atoms with van der Waals surface area (Å²) in [7, 11) is 0. The van der Waals surface area contributed by atoms with Crippen molar-refractivity contribution in [2.24, 2.45) is 5.73 Å². The lowest BCUT2D eigenvalue weighted by Gasteiger charge is -1.90. The van der Waals surface area contributed by atoms with Gasteiger partial charge in [-0.15, -0.1) is 12.4 Å². The van der Waals surface area contributed by atoms with Crippen LogP contribution in [0.1, 0.15) is 15.2 Å². The van der Waals surface area contributed by atoms with E-state index in [1.807, 2.05) is 0 Å². The van der Waals surface area contributed by atoms with Crippen LogP contribution in [-0.2, 0) is 6.50 Å². The minimum atomic E-state index is -2.45. The van der Waals surface area contributed by atoms with E-state index >= 15 is 0 Å². The molecule has 1 aromatic rings. The Balaban J connectivity index is 0.00000225. The Labute approximate surface area is 71.1 Å². The number of hydrogen-bond donors (Lipinski definition) is 1. The van der Waals surface area contributed by atoms with E-state index in [-0.39, 0.29) is 12.4 Å². The fourth-order valence-corrected chi connectivity index (χ4v) is 0.322. The van der Waals surface area contributed by atoms with E-state index in [0.717, 1.165) is 0 Å². The van der Waals surface area contributed by atoms with E-state index in [0.29, 0.717) is 0 Å². The average molecular weight is 151 g/mol. The molecule has 0 aromatic heterocycles. The van der Waals surface area contributed by atoms with Gasteiger partial charge in [0.05, 0.1) is 6.85 Å². The highest BCUT2D eigenvalue weighted by molar-refractivity contribution is 5.85. The molecule has 0 heterocycles. The summed E-state index contributed by atoms with van der Waals surface area (Å²) in [4.78, 5) is 0. The van der Waals surface area contributed by atoms with Crippen molar-refractivity contribution in [3.8, 4) is 0 Å². The van der Waals surface area contributed by atoms with E-state index in [2.05, 4.69) is 0 Å². The molecule has 0 radical (unpaired) electrons. The van der Waals surface area contributed by atoms with Crippen LogP contribution in [0.15, 0.2) is 30.2 Å². The molecule has 1 nitrogen and oxygen atoms in total. The van der Waals surface area contributed by atoms with Crippen LogP contribution in [0.4, 0.5) is 0 Å². The Morgan fingerprint density at radius 3 is 2.44 bits per heavy atom. The minimum absolute atomic E-state index is 0. The Bertz CT molecular complexity index is 385. The van der Waals surface area contributed by atoms with Gasteiger partial charge in [-0.2, -0.15) is 0 Å². The van der Waals surface area contributed by atoms with Crippen LogP contribution in [0.3, 0.4) is 0 Å². The van der Waals surface area contributed by atoms with Crippen molar-refractivity contribution in [1.82, 2.24) is 0 Å². The predicted octanol–water partition coefficient (Wildman–Crippen LogP) is 1.57. The third-order valence-corrected chi connectivity index (χ3v) is 0.644. The van der Waals surface area contributed by atoms with Gasteiger partial charge in [-0.05, 0) is 5.56 Å². The van der Waals surface area contributed by atoms with Gasteiger partial charge in [-0.3, -0.25) is 0 Å². The van der Waals surface area contributed by atoms with Crippen molar-refractivity contribution in [1.29, 1.82) is 0 Å². The van der Waals surface area contributed by atoms with Crippen LogP contribution in [0, 0.1) is 0 Å². The second-order valence-electron chi connectivity index (χ2n) is 1.14. The second-order valence-corrected chi connectivity index (χ2v) is 1.14. The van der Waals surface area contributed by atoms with Gasteiger partial charge in [0, 0.05) is 9.24 Å². The predicted molar refractivity (Wildman–Crippen MR) is 41.6 cm³/mol. The molecule has 0 saturated carbocycles. The van der Waals surface area contributed by atoms with Crippen molar-refractivity contribution in [2.75, 3.05) is 0 Å². The van der Waals surface area contributed by atoms with E-state index in [4.69, 9.17) is 15.3 Å². The van der Waals surface area contributed by atoms with Crippen LogP contribution in [0.25, 0.3) is 0 Å². The number of benzene rings is 1. The minimum Gasteiger partial charge on any atom is -0.326 e. The zero-order valence-corrected chi connectivity index (χ0v) is 5.30. The van der Waals surface area contributed by atoms with Crippen LogP contribution in [0.2, 0.25) is 0 Å². The van der Waals surface area contributed by atoms with Crippen LogP contribution >= 0.6 is 12.4 Å². The first-order valence-corrected chi connectivity index (χ1v) is 2.04. The SMILES string of the molecule is Cl.[2H]c1c([2H])c([2H])c(C([2H])([2H])N)c([2H])c1[2H]. The zero-order chi connectivity index (χ0) is 12.0. The van der Waals surface area contributed by atoms with E-state index in [1.165, 1.54) is 0 Å². The number of halogens is 1. The topological polar surface area (TPSA) is 26.0 Å². The molecule has 0 spiro atoms. The summed E-state index contributed by atoms with van der Waals surface area (Å²) in [6, 6.07) is -2.93. The highest BCUT2D eigenvalue weighted by Crippen LogP contribution is 1.94. The Kier molecular flexibility index (Phi) is 1.09. The average Bonchev–Trinajstić information content (AvgIpc) is 2.09. The molecule has 9 heavy (non-hydrogen) atoms. The molecule has 1 rings (SSSR count). The maximum absolute atomic E-state index is 7.40. The van der Waals surface area contributed by atoms with Gasteiger partial charge in [-0.1, -0.05) is 30.2 Å². The number of nitrogens with two attached hydrogens (primary N) is 1. The highest BCUT2D eigenvalue weighted by atomic mass is 35.5. The van der Waals surface area contributed by atoms with Crippen molar-refractivity contribution in [3.63, 3.8) is 0 Å². The highest BCUT2D eigenvalue weighted by Gasteiger charge is 1.80. The molecule has 0 aliphatic rings. The second kappa shape index (κ2) is 4.36. The summed E-state index contributed by atoms with van der Waals surface area (Å²) < 4.78 is 51.0. The van der Waals surface area contributed by atoms with Crippen molar-refractivity contribution in [3.05, 3.63) is 35.8 Å². The smallest absolute Gasteiger partial charge is 0.0626 e. The van der Waals surface area contributed by atoms with E-state index in [9.17, 15) is 0 Å². The summed E-state index contributed by atoms with van der Waals surface area (Å²) in [6.45, 7) is -2.45. The van der Waals surface area contributed by atoms with Crippen molar-refractivity contribution < 1.29 is 9.60 Å². The Hall–Kier alpha value is -0.530. The monoisotopic (exact) mass is 150 g/mol. The molecule has 0 amide bonds. The molecule has 0 atom stereocenters. The van der Waals surface area contributed by atoms with Crippen molar-refractivity contribution >= 4 is 12.4 Å². The first-order valence-electron chi connectivity index (χ1n) is 5.54. The number of hydrogen-bond acceptors (Lipinski definition) is 1. The Morgan fingerprint density at radius 2 is 2.00 bits per heavy atom. The molecular weight excluding hydrogens is 134 g/mol. The molecule has 2 N–H and O–H groups in total. The summed E-state index contributed by atoms with van der Waals surface area (Å²) in [6.07, 6.45) is 0. The van der Waals surface area contributed by atoms with Gasteiger partial charge in [0.15, 0.2) is 0 Å². The Morgan fingerprint density at radius 1 is 1.44 bits per heavy atom. The molecule has 0 aliphatic carbocycles. The molecule has 1 aromatic carbocycles. The third kappa shape index (κ3) is 2.49. The zero-order valence-electron chi connectivity index (χ0n) is 11.5. The summed E-state index contributed by atoms with van der Waals surface area (Å²) in [5, 5.41) is 0. The van der Waals surface area contributed by atoms with E-state index < -0.39 is 42.3 Å². The van der Waals surface area contributed by atoms with Gasteiger partial charge in [0.2, 0.25) is 0 Å². The lowest BCUT2D eigenvalue weighted by atomic mass is 10.2. The van der Waals surface area contributed by atoms with Gasteiger partial charge in [0.1, 0.15) is 0 Å². The summed E-state index contributed by atoms with van der Waals surface area (Å²) >= 11 is 0. The largest absolute Gasteiger partial charge is 0.326 e. The van der Waals surface area contributed by atoms with Crippen LogP contribution in [-0.4, -0.2) is 0 Å². The van der Waals surface area contributed by atoms with Gasteiger partial charge >= 0.3 is 0 Å². The molecule has 0 unspecified atom stereocenters.